The third kappa shape index (κ3) is 6.42. The topological polar surface area (TPSA) is 52.6 Å². The Labute approximate surface area is 142 Å². The molecule has 1 atom stereocenters. The van der Waals surface area contributed by atoms with Gasteiger partial charge in [0.25, 0.3) is 0 Å². The van der Waals surface area contributed by atoms with Gasteiger partial charge >= 0.3 is 5.97 Å². The number of hydrogen-bond acceptors (Lipinski definition) is 3. The minimum Gasteiger partial charge on any atom is -0.480 e. The van der Waals surface area contributed by atoms with Gasteiger partial charge in [0, 0.05) is 36.6 Å². The first-order valence-electron chi connectivity index (χ1n) is 7.42. The van der Waals surface area contributed by atoms with E-state index in [1.165, 1.54) is 0 Å². The summed E-state index contributed by atoms with van der Waals surface area (Å²) in [4.78, 5) is 13.4. The zero-order chi connectivity index (χ0) is 16.5. The molecule has 6 heteroatoms. The lowest BCUT2D eigenvalue weighted by atomic mass is 10.0. The van der Waals surface area contributed by atoms with E-state index in [1.54, 1.807) is 0 Å². The number of hydrogen-bond donors (Lipinski definition) is 2. The van der Waals surface area contributed by atoms with Crippen molar-refractivity contribution in [2.75, 3.05) is 29.7 Å². The number of benzene rings is 1. The SMILES string of the molecule is CC(C)N[C@@H](Cc1ccc(N(CCCl)CCCl)cc1)C(=O)O. The maximum atomic E-state index is 11.3. The molecule has 4 nitrogen and oxygen atoms in total. The normalized spacial score (nSPS) is 12.4. The molecule has 0 heterocycles. The fraction of sp³-hybridized carbons (Fsp3) is 0.562. The molecule has 0 aliphatic carbocycles. The van der Waals surface area contributed by atoms with Gasteiger partial charge in [-0.15, -0.1) is 23.2 Å². The van der Waals surface area contributed by atoms with Crippen LogP contribution in [-0.2, 0) is 11.2 Å². The van der Waals surface area contributed by atoms with Gasteiger partial charge in [-0.3, -0.25) is 4.79 Å². The summed E-state index contributed by atoms with van der Waals surface area (Å²) in [5, 5.41) is 12.3. The molecule has 1 aromatic carbocycles. The Kier molecular flexibility index (Phi) is 8.61. The van der Waals surface area contributed by atoms with Crippen molar-refractivity contribution in [3.05, 3.63) is 29.8 Å². The number of alkyl halides is 2. The number of nitrogens with one attached hydrogen (secondary N) is 1. The van der Waals surface area contributed by atoms with Crippen molar-refractivity contribution in [2.24, 2.45) is 0 Å². The average Bonchev–Trinajstić information content (AvgIpc) is 2.46. The Morgan fingerprint density at radius 1 is 1.18 bits per heavy atom. The van der Waals surface area contributed by atoms with E-state index in [4.69, 9.17) is 23.2 Å². The van der Waals surface area contributed by atoms with Gasteiger partial charge in [-0.05, 0) is 24.1 Å². The molecule has 0 saturated heterocycles. The first kappa shape index (κ1) is 19.1. The van der Waals surface area contributed by atoms with Gasteiger partial charge in [-0.1, -0.05) is 26.0 Å². The van der Waals surface area contributed by atoms with Crippen LogP contribution in [0.3, 0.4) is 0 Å². The summed E-state index contributed by atoms with van der Waals surface area (Å²) in [6.45, 7) is 5.35. The standard InChI is InChI=1S/C16H24Cl2N2O2/c1-12(2)19-15(16(21)22)11-13-3-5-14(6-4-13)20(9-7-17)10-8-18/h3-6,12,15,19H,7-11H2,1-2H3,(H,21,22)/t15-/m0/s1. The summed E-state index contributed by atoms with van der Waals surface area (Å²) in [5.74, 6) is 0.250. The fourth-order valence-electron chi connectivity index (χ4n) is 2.27. The van der Waals surface area contributed by atoms with Crippen LogP contribution < -0.4 is 10.2 Å². The minimum atomic E-state index is -0.830. The van der Waals surface area contributed by atoms with Crippen molar-refractivity contribution in [1.82, 2.24) is 5.32 Å². The highest BCUT2D eigenvalue weighted by Crippen LogP contribution is 2.16. The highest BCUT2D eigenvalue weighted by Gasteiger charge is 2.18. The first-order chi connectivity index (χ1) is 10.5. The van der Waals surface area contributed by atoms with Gasteiger partial charge in [-0.25, -0.2) is 0 Å². The van der Waals surface area contributed by atoms with E-state index >= 15 is 0 Å². The molecule has 0 spiro atoms. The van der Waals surface area contributed by atoms with E-state index in [0.717, 1.165) is 24.3 Å². The minimum absolute atomic E-state index is 0.128. The summed E-state index contributed by atoms with van der Waals surface area (Å²) in [7, 11) is 0. The monoisotopic (exact) mass is 346 g/mol. The molecule has 0 aliphatic heterocycles. The second-order valence-electron chi connectivity index (χ2n) is 5.45. The zero-order valence-corrected chi connectivity index (χ0v) is 14.6. The first-order valence-corrected chi connectivity index (χ1v) is 8.49. The lowest BCUT2D eigenvalue weighted by molar-refractivity contribution is -0.139. The van der Waals surface area contributed by atoms with Gasteiger partial charge in [0.05, 0.1) is 0 Å². The maximum absolute atomic E-state index is 11.3. The van der Waals surface area contributed by atoms with Crippen LogP contribution >= 0.6 is 23.2 Å². The summed E-state index contributed by atoms with van der Waals surface area (Å²) in [6.07, 6.45) is 0.457. The van der Waals surface area contributed by atoms with Crippen LogP contribution in [0.1, 0.15) is 19.4 Å². The molecule has 1 aromatic rings. The van der Waals surface area contributed by atoms with Gasteiger partial charge in [0.1, 0.15) is 6.04 Å². The number of carbonyl (C=O) groups is 1. The van der Waals surface area contributed by atoms with E-state index in [-0.39, 0.29) is 6.04 Å². The van der Waals surface area contributed by atoms with E-state index in [0.29, 0.717) is 18.2 Å². The molecule has 2 N–H and O–H groups in total. The van der Waals surface area contributed by atoms with E-state index in [1.807, 2.05) is 38.1 Å². The van der Waals surface area contributed by atoms with E-state index in [2.05, 4.69) is 10.2 Å². The van der Waals surface area contributed by atoms with Crippen molar-refractivity contribution >= 4 is 34.9 Å². The van der Waals surface area contributed by atoms with Crippen molar-refractivity contribution in [3.63, 3.8) is 0 Å². The average molecular weight is 347 g/mol. The van der Waals surface area contributed by atoms with E-state index < -0.39 is 12.0 Å². The zero-order valence-electron chi connectivity index (χ0n) is 13.1. The van der Waals surface area contributed by atoms with Crippen LogP contribution in [0, 0.1) is 0 Å². The Hall–Kier alpha value is -0.970. The van der Waals surface area contributed by atoms with Crippen molar-refractivity contribution in [1.29, 1.82) is 0 Å². The molecular weight excluding hydrogens is 323 g/mol. The number of nitrogens with zero attached hydrogens (tertiary/aromatic N) is 1. The molecular formula is C16H24Cl2N2O2. The lowest BCUT2D eigenvalue weighted by Crippen LogP contribution is -2.42. The van der Waals surface area contributed by atoms with Crippen LogP contribution in [0.5, 0.6) is 0 Å². The largest absolute Gasteiger partial charge is 0.480 e. The molecule has 0 amide bonds. The molecule has 0 unspecified atom stereocenters. The predicted molar refractivity (Wildman–Crippen MR) is 93.5 cm³/mol. The number of carboxylic acids is 1. The lowest BCUT2D eigenvalue weighted by Gasteiger charge is -2.23. The summed E-state index contributed by atoms with van der Waals surface area (Å²) >= 11 is 11.6. The maximum Gasteiger partial charge on any atom is 0.321 e. The molecule has 124 valence electrons. The molecule has 0 bridgehead atoms. The van der Waals surface area contributed by atoms with Crippen LogP contribution in [-0.4, -0.2) is 48.0 Å². The van der Waals surface area contributed by atoms with E-state index in [9.17, 15) is 9.90 Å². The number of halogens is 2. The highest BCUT2D eigenvalue weighted by atomic mass is 35.5. The number of anilines is 1. The molecule has 0 saturated carbocycles. The Balaban J connectivity index is 2.75. The molecule has 0 aliphatic rings. The fourth-order valence-corrected chi connectivity index (χ4v) is 2.68. The van der Waals surface area contributed by atoms with Gasteiger partial charge < -0.3 is 15.3 Å². The van der Waals surface area contributed by atoms with Crippen molar-refractivity contribution < 1.29 is 9.90 Å². The van der Waals surface area contributed by atoms with Crippen LogP contribution in [0.2, 0.25) is 0 Å². The van der Waals surface area contributed by atoms with Crippen molar-refractivity contribution in [2.45, 2.75) is 32.4 Å². The van der Waals surface area contributed by atoms with Gasteiger partial charge in [0.2, 0.25) is 0 Å². The Morgan fingerprint density at radius 2 is 1.73 bits per heavy atom. The van der Waals surface area contributed by atoms with Crippen molar-refractivity contribution in [3.8, 4) is 0 Å². The molecule has 1 rings (SSSR count). The second kappa shape index (κ2) is 9.93. The summed E-state index contributed by atoms with van der Waals surface area (Å²) in [5.41, 5.74) is 2.04. The smallest absolute Gasteiger partial charge is 0.321 e. The Bertz CT molecular complexity index is 446. The molecule has 0 radical (unpaired) electrons. The van der Waals surface area contributed by atoms with Gasteiger partial charge in [0.15, 0.2) is 0 Å². The summed E-state index contributed by atoms with van der Waals surface area (Å²) < 4.78 is 0. The predicted octanol–water partition coefficient (Wildman–Crippen LogP) is 2.96. The van der Waals surface area contributed by atoms with Crippen LogP contribution in [0.25, 0.3) is 0 Å². The summed E-state index contributed by atoms with van der Waals surface area (Å²) in [6, 6.07) is 7.45. The number of carboxylic acid groups (broad SMARTS) is 1. The van der Waals surface area contributed by atoms with Crippen LogP contribution in [0.4, 0.5) is 5.69 Å². The molecule has 0 fully saturated rings. The van der Waals surface area contributed by atoms with Gasteiger partial charge in [-0.2, -0.15) is 0 Å². The molecule has 0 aromatic heterocycles. The molecule has 22 heavy (non-hydrogen) atoms. The van der Waals surface area contributed by atoms with Crippen LogP contribution in [0.15, 0.2) is 24.3 Å². The second-order valence-corrected chi connectivity index (χ2v) is 6.20. The third-order valence-corrected chi connectivity index (χ3v) is 3.62. The Morgan fingerprint density at radius 3 is 2.14 bits per heavy atom. The quantitative estimate of drug-likeness (QED) is 0.639. The number of rotatable bonds is 10. The number of aliphatic carboxylic acids is 1. The highest BCUT2D eigenvalue weighted by molar-refractivity contribution is 6.18. The third-order valence-electron chi connectivity index (χ3n) is 3.28.